The molecule has 10 aromatic carbocycles. The van der Waals surface area contributed by atoms with Crippen molar-refractivity contribution in [3.63, 3.8) is 0 Å². The van der Waals surface area contributed by atoms with Gasteiger partial charge in [-0.1, -0.05) is 152 Å². The van der Waals surface area contributed by atoms with E-state index in [1.54, 1.807) is 0 Å². The summed E-state index contributed by atoms with van der Waals surface area (Å²) in [5.41, 5.74) is 18.3. The Kier molecular flexibility index (Phi) is 5.99. The van der Waals surface area contributed by atoms with Crippen LogP contribution in [0.4, 0.5) is 0 Å². The van der Waals surface area contributed by atoms with Gasteiger partial charge in [-0.3, -0.25) is 0 Å². The summed E-state index contributed by atoms with van der Waals surface area (Å²) in [6, 6.07) is 71.5. The summed E-state index contributed by atoms with van der Waals surface area (Å²) in [4.78, 5) is 0. The first-order valence-corrected chi connectivity index (χ1v) is 20.4. The molecule has 2 heteroatoms. The van der Waals surface area contributed by atoms with E-state index in [2.05, 4.69) is 188 Å². The van der Waals surface area contributed by atoms with Crippen LogP contribution in [0.3, 0.4) is 0 Å². The van der Waals surface area contributed by atoms with Crippen molar-refractivity contribution in [2.75, 3.05) is 0 Å². The molecule has 0 unspecified atom stereocenters. The molecule has 0 bridgehead atoms. The van der Waals surface area contributed by atoms with Crippen LogP contribution in [0.5, 0.6) is 0 Å². The summed E-state index contributed by atoms with van der Waals surface area (Å²) < 4.78 is 13.1. The highest BCUT2D eigenvalue weighted by molar-refractivity contribution is 6.19. The molecule has 2 heterocycles. The van der Waals surface area contributed by atoms with E-state index in [1.165, 1.54) is 82.9 Å². The predicted octanol–water partition coefficient (Wildman–Crippen LogP) is 15.5. The standard InChI is InChI=1S/C57H32O2/c1-4-15-39-33(12-1)24-28-44-53-37(19-11-23-52(53)59-56(39)44)36-25-27-43-49(32-36)57(47-20-8-5-16-40(47)41-17-6-9-21-48(41)57)55-38-14-3-2-13-34(38)30-45(54(43)55)35-26-29-51-46(31-35)42-18-7-10-22-50(42)58-51/h1-32H. The smallest absolute Gasteiger partial charge is 0.143 e. The molecule has 2 aromatic heterocycles. The highest BCUT2D eigenvalue weighted by Crippen LogP contribution is 2.66. The Morgan fingerprint density at radius 3 is 1.81 bits per heavy atom. The van der Waals surface area contributed by atoms with Gasteiger partial charge in [0.1, 0.15) is 22.3 Å². The fourth-order valence-electron chi connectivity index (χ4n) is 11.1. The minimum Gasteiger partial charge on any atom is -0.456 e. The van der Waals surface area contributed by atoms with E-state index in [0.29, 0.717) is 0 Å². The van der Waals surface area contributed by atoms with Gasteiger partial charge in [0.15, 0.2) is 0 Å². The lowest BCUT2D eigenvalue weighted by Gasteiger charge is -2.32. The van der Waals surface area contributed by atoms with Gasteiger partial charge in [-0.25, -0.2) is 0 Å². The van der Waals surface area contributed by atoms with Crippen LogP contribution >= 0.6 is 0 Å². The third kappa shape index (κ3) is 3.96. The Balaban J connectivity index is 1.12. The van der Waals surface area contributed by atoms with Gasteiger partial charge in [0, 0.05) is 26.9 Å². The van der Waals surface area contributed by atoms with Crippen molar-refractivity contribution >= 4 is 65.4 Å². The molecule has 0 radical (unpaired) electrons. The number of hydrogen-bond acceptors (Lipinski definition) is 2. The molecule has 0 aliphatic heterocycles. The zero-order valence-corrected chi connectivity index (χ0v) is 31.8. The van der Waals surface area contributed by atoms with Crippen LogP contribution in [-0.2, 0) is 5.41 Å². The first-order valence-electron chi connectivity index (χ1n) is 20.4. The molecule has 272 valence electrons. The zero-order valence-electron chi connectivity index (χ0n) is 31.8. The third-order valence-corrected chi connectivity index (χ3v) is 13.5. The normalized spacial score (nSPS) is 13.6. The average Bonchev–Trinajstić information content (AvgIpc) is 4.04. The van der Waals surface area contributed by atoms with Crippen molar-refractivity contribution in [3.8, 4) is 44.5 Å². The SMILES string of the molecule is c1ccc2c(c1)-c1ccccc1C21c2cc(-c3cccc4oc5c6ccccc6ccc5c34)ccc2-c2c(-c3ccc4oc5ccccc5c4c3)cc3ccccc3c21. The van der Waals surface area contributed by atoms with Gasteiger partial charge in [0.25, 0.3) is 0 Å². The molecule has 0 amide bonds. The number of benzene rings is 10. The largest absolute Gasteiger partial charge is 0.456 e. The van der Waals surface area contributed by atoms with Crippen molar-refractivity contribution < 1.29 is 8.83 Å². The summed E-state index contributed by atoms with van der Waals surface area (Å²) >= 11 is 0. The number of para-hydroxylation sites is 1. The summed E-state index contributed by atoms with van der Waals surface area (Å²) in [5, 5.41) is 9.38. The summed E-state index contributed by atoms with van der Waals surface area (Å²) in [7, 11) is 0. The highest BCUT2D eigenvalue weighted by Gasteiger charge is 2.53. The second-order valence-corrected chi connectivity index (χ2v) is 16.3. The molecule has 2 aliphatic rings. The Morgan fingerprint density at radius 2 is 0.966 bits per heavy atom. The van der Waals surface area contributed by atoms with Gasteiger partial charge in [-0.05, 0) is 125 Å². The Morgan fingerprint density at radius 1 is 0.322 bits per heavy atom. The lowest BCUT2D eigenvalue weighted by molar-refractivity contribution is 0.669. The predicted molar refractivity (Wildman–Crippen MR) is 243 cm³/mol. The van der Waals surface area contributed by atoms with Crippen LogP contribution < -0.4 is 0 Å². The lowest BCUT2D eigenvalue weighted by atomic mass is 9.69. The van der Waals surface area contributed by atoms with Crippen molar-refractivity contribution in [2.24, 2.45) is 0 Å². The monoisotopic (exact) mass is 748 g/mol. The highest BCUT2D eigenvalue weighted by atomic mass is 16.3. The molecule has 0 atom stereocenters. The van der Waals surface area contributed by atoms with E-state index >= 15 is 0 Å². The van der Waals surface area contributed by atoms with Gasteiger partial charge in [-0.15, -0.1) is 0 Å². The van der Waals surface area contributed by atoms with E-state index in [1.807, 2.05) is 6.07 Å². The Bertz CT molecular complexity index is 3750. The van der Waals surface area contributed by atoms with Gasteiger partial charge >= 0.3 is 0 Å². The fraction of sp³-hybridized carbons (Fsp3) is 0.0175. The maximum Gasteiger partial charge on any atom is 0.143 e. The van der Waals surface area contributed by atoms with E-state index in [4.69, 9.17) is 8.83 Å². The zero-order chi connectivity index (χ0) is 38.4. The van der Waals surface area contributed by atoms with Crippen molar-refractivity contribution in [3.05, 3.63) is 216 Å². The van der Waals surface area contributed by atoms with Gasteiger partial charge < -0.3 is 8.83 Å². The van der Waals surface area contributed by atoms with Crippen LogP contribution in [0.15, 0.2) is 203 Å². The maximum atomic E-state index is 6.72. The molecule has 0 N–H and O–H groups in total. The van der Waals surface area contributed by atoms with Crippen molar-refractivity contribution in [2.45, 2.75) is 5.41 Å². The second kappa shape index (κ2) is 11.2. The number of rotatable bonds is 2. The molecule has 0 fully saturated rings. The van der Waals surface area contributed by atoms with Gasteiger partial charge in [-0.2, -0.15) is 0 Å². The molecule has 12 aromatic rings. The minimum atomic E-state index is -0.557. The van der Waals surface area contributed by atoms with Crippen molar-refractivity contribution in [1.29, 1.82) is 0 Å². The molecule has 0 saturated heterocycles. The Hall–Kier alpha value is -7.68. The van der Waals surface area contributed by atoms with Crippen molar-refractivity contribution in [1.82, 2.24) is 0 Å². The lowest BCUT2D eigenvalue weighted by Crippen LogP contribution is -2.26. The van der Waals surface area contributed by atoms with Crippen LogP contribution in [-0.4, -0.2) is 0 Å². The van der Waals surface area contributed by atoms with Gasteiger partial charge in [0.2, 0.25) is 0 Å². The van der Waals surface area contributed by atoms with Crippen LogP contribution in [0.25, 0.3) is 110 Å². The molecule has 2 aliphatic carbocycles. The first kappa shape index (κ1) is 31.4. The third-order valence-electron chi connectivity index (χ3n) is 13.5. The summed E-state index contributed by atoms with van der Waals surface area (Å²) in [6.45, 7) is 0. The molecule has 0 saturated carbocycles. The quantitative estimate of drug-likeness (QED) is 0.176. The van der Waals surface area contributed by atoms with Crippen LogP contribution in [0.2, 0.25) is 0 Å². The molecule has 1 spiro atoms. The van der Waals surface area contributed by atoms with Crippen LogP contribution in [0.1, 0.15) is 22.3 Å². The van der Waals surface area contributed by atoms with E-state index in [-0.39, 0.29) is 0 Å². The topological polar surface area (TPSA) is 26.3 Å². The van der Waals surface area contributed by atoms with E-state index < -0.39 is 5.41 Å². The summed E-state index contributed by atoms with van der Waals surface area (Å²) in [6.07, 6.45) is 0. The number of fused-ring (bicyclic) bond motifs is 20. The fourth-order valence-corrected chi connectivity index (χ4v) is 11.1. The summed E-state index contributed by atoms with van der Waals surface area (Å²) in [5.74, 6) is 0. The molecular formula is C57H32O2. The van der Waals surface area contributed by atoms with E-state index in [9.17, 15) is 0 Å². The molecule has 2 nitrogen and oxygen atoms in total. The average molecular weight is 749 g/mol. The number of furan rings is 2. The van der Waals surface area contributed by atoms with Gasteiger partial charge in [0.05, 0.1) is 5.41 Å². The molecule has 14 rings (SSSR count). The Labute approximate surface area is 339 Å². The first-order chi connectivity index (χ1) is 29.3. The maximum absolute atomic E-state index is 6.72. The second-order valence-electron chi connectivity index (χ2n) is 16.3. The van der Waals surface area contributed by atoms with E-state index in [0.717, 1.165) is 49.3 Å². The number of hydrogen-bond donors (Lipinski definition) is 0. The molecule has 59 heavy (non-hydrogen) atoms. The molecular weight excluding hydrogens is 717 g/mol. The van der Waals surface area contributed by atoms with Crippen LogP contribution in [0, 0.1) is 0 Å². The minimum absolute atomic E-state index is 0.557.